The van der Waals surface area contributed by atoms with Crippen LogP contribution in [0.3, 0.4) is 0 Å². The topological polar surface area (TPSA) is 40.6 Å². The van der Waals surface area contributed by atoms with Crippen LogP contribution >= 0.6 is 11.6 Å². The van der Waals surface area contributed by atoms with Gasteiger partial charge in [0.05, 0.1) is 10.5 Å². The number of hydrogen-bond acceptors (Lipinski definition) is 3. The van der Waals surface area contributed by atoms with Gasteiger partial charge in [0, 0.05) is 43.2 Å². The second kappa shape index (κ2) is 11.8. The quantitative estimate of drug-likeness (QED) is 0.249. The number of benzene rings is 3. The molecule has 208 valence electrons. The molecule has 2 atom stereocenters. The first-order chi connectivity index (χ1) is 18.4. The molecule has 4 rings (SSSR count). The van der Waals surface area contributed by atoms with Gasteiger partial charge in [-0.3, -0.25) is 4.90 Å². The number of halogens is 4. The summed E-state index contributed by atoms with van der Waals surface area (Å²) >= 11 is 6.28. The van der Waals surface area contributed by atoms with Crippen molar-refractivity contribution in [3.63, 3.8) is 0 Å². The number of sulfonamides is 1. The summed E-state index contributed by atoms with van der Waals surface area (Å²) in [5.41, 5.74) is 3.41. The van der Waals surface area contributed by atoms with Crippen molar-refractivity contribution in [1.29, 1.82) is 0 Å². The van der Waals surface area contributed by atoms with E-state index in [0.717, 1.165) is 44.7 Å². The number of likely N-dealkylation sites (N-methyl/N-ethyl adjacent to an activating group) is 1. The lowest BCUT2D eigenvalue weighted by Crippen LogP contribution is -2.52. The molecule has 1 aliphatic rings. The fraction of sp³-hybridized carbons (Fsp3) is 0.333. The van der Waals surface area contributed by atoms with Gasteiger partial charge < -0.3 is 0 Å². The fourth-order valence-electron chi connectivity index (χ4n) is 5.01. The summed E-state index contributed by atoms with van der Waals surface area (Å²) in [6, 6.07) is 19.1. The predicted molar refractivity (Wildman–Crippen MR) is 150 cm³/mol. The van der Waals surface area contributed by atoms with Crippen LogP contribution in [0.1, 0.15) is 36.5 Å². The van der Waals surface area contributed by atoms with Crippen molar-refractivity contribution in [2.45, 2.75) is 43.8 Å². The van der Waals surface area contributed by atoms with E-state index in [9.17, 15) is 21.6 Å². The molecule has 1 fully saturated rings. The third-order valence-electron chi connectivity index (χ3n) is 7.49. The summed E-state index contributed by atoms with van der Waals surface area (Å²) in [6.45, 7) is 7.36. The van der Waals surface area contributed by atoms with Crippen molar-refractivity contribution in [2.75, 3.05) is 26.2 Å². The molecular formula is C30H32ClF3N2O2S. The molecule has 0 aromatic heterocycles. The van der Waals surface area contributed by atoms with E-state index < -0.39 is 26.7 Å². The third-order valence-corrected chi connectivity index (χ3v) is 9.89. The maximum atomic E-state index is 13.4. The van der Waals surface area contributed by atoms with Gasteiger partial charge in [0.15, 0.2) is 0 Å². The van der Waals surface area contributed by atoms with Crippen molar-refractivity contribution in [1.82, 2.24) is 9.21 Å². The maximum Gasteiger partial charge on any atom is 0.417 e. The standard InChI is InChI=1S/C30H32ClF3N2O2S/c1-4-36(39(37,38)29-13-6-5-11-27(29)30(32,33)34)19-8-7-18-35-20-26(22(35)3)24-16-14-23(15-17-24)25-10-9-12-28(31)21(25)2/h5-17,22,26H,4,18-20H2,1-3H3/b8-7-/t22-,26?/m1/s1. The first-order valence-corrected chi connectivity index (χ1v) is 14.7. The van der Waals surface area contributed by atoms with Crippen molar-refractivity contribution >= 4 is 21.6 Å². The van der Waals surface area contributed by atoms with Crippen LogP contribution in [0.4, 0.5) is 13.2 Å². The number of likely N-dealkylation sites (tertiary alicyclic amines) is 1. The highest BCUT2D eigenvalue weighted by Crippen LogP contribution is 2.37. The molecule has 0 bridgehead atoms. The molecule has 3 aromatic carbocycles. The van der Waals surface area contributed by atoms with Gasteiger partial charge in [-0.1, -0.05) is 79.2 Å². The second-order valence-electron chi connectivity index (χ2n) is 9.76. The fourth-order valence-corrected chi connectivity index (χ4v) is 6.79. The Labute approximate surface area is 233 Å². The van der Waals surface area contributed by atoms with Crippen molar-refractivity contribution < 1.29 is 21.6 Å². The molecule has 0 saturated carbocycles. The molecular weight excluding hydrogens is 545 g/mol. The molecule has 0 aliphatic carbocycles. The van der Waals surface area contributed by atoms with E-state index in [4.69, 9.17) is 11.6 Å². The molecule has 0 N–H and O–H groups in total. The largest absolute Gasteiger partial charge is 0.417 e. The molecule has 1 heterocycles. The molecule has 1 aliphatic heterocycles. The normalized spacial score (nSPS) is 18.6. The van der Waals surface area contributed by atoms with E-state index in [2.05, 4.69) is 42.2 Å². The van der Waals surface area contributed by atoms with Gasteiger partial charge in [-0.25, -0.2) is 8.42 Å². The van der Waals surface area contributed by atoms with Crippen LogP contribution in [0.25, 0.3) is 11.1 Å². The summed E-state index contributed by atoms with van der Waals surface area (Å²) < 4.78 is 67.3. The average Bonchev–Trinajstić information content (AvgIpc) is 2.91. The van der Waals surface area contributed by atoms with E-state index in [0.29, 0.717) is 18.5 Å². The van der Waals surface area contributed by atoms with Gasteiger partial charge in [-0.15, -0.1) is 0 Å². The van der Waals surface area contributed by atoms with Gasteiger partial charge >= 0.3 is 6.18 Å². The lowest BCUT2D eigenvalue weighted by molar-refractivity contribution is -0.139. The summed E-state index contributed by atoms with van der Waals surface area (Å²) in [5, 5.41) is 0.749. The molecule has 0 radical (unpaired) electrons. The number of rotatable bonds is 9. The first-order valence-electron chi connectivity index (χ1n) is 12.9. The van der Waals surface area contributed by atoms with E-state index in [1.165, 1.54) is 17.7 Å². The Morgan fingerprint density at radius 1 is 1.03 bits per heavy atom. The lowest BCUT2D eigenvalue weighted by atomic mass is 9.83. The Morgan fingerprint density at radius 2 is 1.72 bits per heavy atom. The van der Waals surface area contributed by atoms with Crippen LogP contribution in [0.15, 0.2) is 83.8 Å². The minimum Gasteiger partial charge on any atom is -0.296 e. The van der Waals surface area contributed by atoms with Crippen LogP contribution in [-0.4, -0.2) is 49.8 Å². The Morgan fingerprint density at radius 3 is 2.36 bits per heavy atom. The summed E-state index contributed by atoms with van der Waals surface area (Å²) in [6.07, 6.45) is -1.16. The molecule has 39 heavy (non-hydrogen) atoms. The van der Waals surface area contributed by atoms with Gasteiger partial charge in [-0.05, 0) is 54.3 Å². The minimum absolute atomic E-state index is 0.00105. The van der Waals surface area contributed by atoms with Crippen molar-refractivity contribution in [3.8, 4) is 11.1 Å². The average molecular weight is 577 g/mol. The number of alkyl halides is 3. The molecule has 9 heteroatoms. The highest BCUT2D eigenvalue weighted by atomic mass is 35.5. The zero-order chi connectivity index (χ0) is 28.4. The van der Waals surface area contributed by atoms with E-state index >= 15 is 0 Å². The first kappa shape index (κ1) is 29.3. The third kappa shape index (κ3) is 6.24. The Hall–Kier alpha value is -2.65. The Balaban J connectivity index is 1.35. The molecule has 1 saturated heterocycles. The molecule has 4 nitrogen and oxygen atoms in total. The molecule has 0 spiro atoms. The van der Waals surface area contributed by atoms with Crippen LogP contribution in [-0.2, 0) is 16.2 Å². The smallest absolute Gasteiger partial charge is 0.296 e. The summed E-state index contributed by atoms with van der Waals surface area (Å²) in [5.74, 6) is 0.388. The summed E-state index contributed by atoms with van der Waals surface area (Å²) in [7, 11) is -4.30. The SMILES string of the molecule is CCN(C/C=C\CN1CC(c2ccc(-c3cccc(Cl)c3C)cc2)[C@H]1C)S(=O)(=O)c1ccccc1C(F)(F)F. The van der Waals surface area contributed by atoms with E-state index in [-0.39, 0.29) is 13.1 Å². The van der Waals surface area contributed by atoms with Crippen LogP contribution in [0, 0.1) is 6.92 Å². The predicted octanol–water partition coefficient (Wildman–Crippen LogP) is 7.39. The van der Waals surface area contributed by atoms with Gasteiger partial charge in [0.25, 0.3) is 0 Å². The van der Waals surface area contributed by atoms with Gasteiger partial charge in [-0.2, -0.15) is 17.5 Å². The second-order valence-corrected chi connectivity index (χ2v) is 12.1. The minimum atomic E-state index is -4.75. The van der Waals surface area contributed by atoms with Crippen LogP contribution in [0.2, 0.25) is 5.02 Å². The summed E-state index contributed by atoms with van der Waals surface area (Å²) in [4.78, 5) is 1.56. The van der Waals surface area contributed by atoms with E-state index in [1.54, 1.807) is 13.0 Å². The van der Waals surface area contributed by atoms with Crippen molar-refractivity contribution in [2.24, 2.45) is 0 Å². The van der Waals surface area contributed by atoms with Gasteiger partial charge in [0.2, 0.25) is 10.0 Å². The van der Waals surface area contributed by atoms with Crippen LogP contribution in [0.5, 0.6) is 0 Å². The lowest BCUT2D eigenvalue weighted by Gasteiger charge is -2.46. The number of hydrogen-bond donors (Lipinski definition) is 0. The van der Waals surface area contributed by atoms with Gasteiger partial charge in [0.1, 0.15) is 0 Å². The molecule has 3 aromatic rings. The zero-order valence-corrected chi connectivity index (χ0v) is 23.7. The van der Waals surface area contributed by atoms with Crippen LogP contribution < -0.4 is 0 Å². The molecule has 0 amide bonds. The maximum absolute atomic E-state index is 13.4. The Kier molecular flexibility index (Phi) is 8.91. The highest BCUT2D eigenvalue weighted by molar-refractivity contribution is 7.89. The zero-order valence-electron chi connectivity index (χ0n) is 22.1. The highest BCUT2D eigenvalue weighted by Gasteiger charge is 2.38. The monoisotopic (exact) mass is 576 g/mol. The van der Waals surface area contributed by atoms with E-state index in [1.807, 2.05) is 25.1 Å². The van der Waals surface area contributed by atoms with Crippen molar-refractivity contribution in [3.05, 3.63) is 101 Å². The Bertz CT molecular complexity index is 1440. The number of nitrogens with zero attached hydrogens (tertiary/aromatic N) is 2. The molecule has 1 unspecified atom stereocenters.